The van der Waals surface area contributed by atoms with E-state index in [-0.39, 0.29) is 5.41 Å². The van der Waals surface area contributed by atoms with Crippen LogP contribution in [0.25, 0.3) is 5.57 Å². The first-order valence-electron chi connectivity index (χ1n) is 9.11. The molecule has 3 rings (SSSR count). The molecule has 0 atom stereocenters. The smallest absolute Gasteiger partial charge is 0.0409 e. The number of rotatable bonds is 5. The van der Waals surface area contributed by atoms with Crippen LogP contribution in [0.2, 0.25) is 5.02 Å². The quantitative estimate of drug-likeness (QED) is 0.460. The Morgan fingerprint density at radius 2 is 2.04 bits per heavy atom. The summed E-state index contributed by atoms with van der Waals surface area (Å²) in [5, 5.41) is 9.22. The molecule has 1 N–H and O–H groups in total. The SMILES string of the molecule is C=C1c2ccc(Cl)cc2CC12CCC(C(=N)CCCCC)CC2. The molecule has 23 heavy (non-hydrogen) atoms. The minimum Gasteiger partial charge on any atom is -0.309 e. The van der Waals surface area contributed by atoms with Gasteiger partial charge in [0, 0.05) is 10.7 Å². The van der Waals surface area contributed by atoms with Crippen molar-refractivity contribution in [1.29, 1.82) is 5.41 Å². The first-order valence-corrected chi connectivity index (χ1v) is 9.49. The normalized spacial score (nSPS) is 26.5. The Bertz CT molecular complexity index is 608. The second-order valence-electron chi connectivity index (χ2n) is 7.49. The van der Waals surface area contributed by atoms with E-state index in [4.69, 9.17) is 17.0 Å². The average molecular weight is 330 g/mol. The van der Waals surface area contributed by atoms with Gasteiger partial charge in [0.15, 0.2) is 0 Å². The highest BCUT2D eigenvalue weighted by atomic mass is 35.5. The molecule has 1 spiro atoms. The second-order valence-corrected chi connectivity index (χ2v) is 7.93. The molecule has 1 aromatic carbocycles. The minimum absolute atomic E-state index is 0.243. The molecule has 1 nitrogen and oxygen atoms in total. The second kappa shape index (κ2) is 6.81. The zero-order valence-electron chi connectivity index (χ0n) is 14.3. The van der Waals surface area contributed by atoms with E-state index in [2.05, 4.69) is 25.6 Å². The number of fused-ring (bicyclic) bond motifs is 1. The van der Waals surface area contributed by atoms with Crippen LogP contribution in [0.3, 0.4) is 0 Å². The predicted octanol–water partition coefficient (Wildman–Crippen LogP) is 6.69. The highest BCUT2D eigenvalue weighted by Crippen LogP contribution is 2.55. The van der Waals surface area contributed by atoms with E-state index in [0.29, 0.717) is 5.92 Å². The van der Waals surface area contributed by atoms with Crippen LogP contribution in [0, 0.1) is 16.7 Å². The number of hydrogen-bond acceptors (Lipinski definition) is 1. The molecular weight excluding hydrogens is 302 g/mol. The lowest BCUT2D eigenvalue weighted by atomic mass is 9.66. The Kier molecular flexibility index (Phi) is 4.96. The number of allylic oxidation sites excluding steroid dienone is 1. The summed E-state index contributed by atoms with van der Waals surface area (Å²) in [6, 6.07) is 6.25. The maximum Gasteiger partial charge on any atom is 0.0409 e. The molecule has 1 fully saturated rings. The molecule has 0 aliphatic heterocycles. The average Bonchev–Trinajstić information content (AvgIpc) is 2.80. The Morgan fingerprint density at radius 3 is 2.74 bits per heavy atom. The molecular formula is C21H28ClN. The van der Waals surface area contributed by atoms with Gasteiger partial charge in [0.25, 0.3) is 0 Å². The van der Waals surface area contributed by atoms with Crippen LogP contribution < -0.4 is 0 Å². The molecule has 0 radical (unpaired) electrons. The Labute approximate surface area is 145 Å². The van der Waals surface area contributed by atoms with E-state index >= 15 is 0 Å². The summed E-state index contributed by atoms with van der Waals surface area (Å²) in [5.41, 5.74) is 5.26. The molecule has 2 aliphatic carbocycles. The van der Waals surface area contributed by atoms with Crippen molar-refractivity contribution >= 4 is 22.9 Å². The lowest BCUT2D eigenvalue weighted by molar-refractivity contribution is 0.250. The fraction of sp³-hybridized carbons (Fsp3) is 0.571. The predicted molar refractivity (Wildman–Crippen MR) is 100 cm³/mol. The minimum atomic E-state index is 0.243. The zero-order valence-corrected chi connectivity index (χ0v) is 15.0. The van der Waals surface area contributed by atoms with E-state index in [1.54, 1.807) is 0 Å². The van der Waals surface area contributed by atoms with Crippen LogP contribution in [0.15, 0.2) is 24.8 Å². The lowest BCUT2D eigenvalue weighted by Gasteiger charge is -2.38. The molecule has 0 unspecified atom stereocenters. The molecule has 0 heterocycles. The van der Waals surface area contributed by atoms with Gasteiger partial charge in [-0.05, 0) is 85.1 Å². The van der Waals surface area contributed by atoms with Gasteiger partial charge in [0.1, 0.15) is 0 Å². The van der Waals surface area contributed by atoms with E-state index < -0.39 is 0 Å². The van der Waals surface area contributed by atoms with E-state index in [0.717, 1.165) is 36.4 Å². The molecule has 0 aromatic heterocycles. The van der Waals surface area contributed by atoms with Crippen LogP contribution in [-0.4, -0.2) is 5.71 Å². The van der Waals surface area contributed by atoms with Crippen LogP contribution in [0.1, 0.15) is 69.4 Å². The van der Waals surface area contributed by atoms with Gasteiger partial charge in [-0.1, -0.05) is 44.0 Å². The summed E-state index contributed by atoms with van der Waals surface area (Å²) in [6.07, 6.45) is 10.5. The summed E-state index contributed by atoms with van der Waals surface area (Å²) >= 11 is 6.17. The van der Waals surface area contributed by atoms with Gasteiger partial charge in [0.05, 0.1) is 0 Å². The third-order valence-electron chi connectivity index (χ3n) is 6.05. The topological polar surface area (TPSA) is 23.9 Å². The highest BCUT2D eigenvalue weighted by Gasteiger charge is 2.43. The number of hydrogen-bond donors (Lipinski definition) is 1. The van der Waals surface area contributed by atoms with Crippen LogP contribution >= 0.6 is 11.6 Å². The molecule has 0 bridgehead atoms. The highest BCUT2D eigenvalue weighted by molar-refractivity contribution is 6.30. The van der Waals surface area contributed by atoms with Crippen molar-refractivity contribution in [2.45, 2.75) is 64.7 Å². The lowest BCUT2D eigenvalue weighted by Crippen LogP contribution is -2.30. The van der Waals surface area contributed by atoms with Gasteiger partial charge in [-0.3, -0.25) is 0 Å². The molecule has 1 aromatic rings. The van der Waals surface area contributed by atoms with Crippen molar-refractivity contribution in [3.05, 3.63) is 40.9 Å². The van der Waals surface area contributed by atoms with Gasteiger partial charge >= 0.3 is 0 Å². The standard InChI is InChI=1S/C21H28ClN/c1-3-4-5-6-20(23)16-9-11-21(12-10-16)14-17-13-18(22)7-8-19(17)15(21)2/h7-8,13,16,23H,2-6,9-12,14H2,1H3. The summed E-state index contributed by atoms with van der Waals surface area (Å²) in [7, 11) is 0. The number of halogens is 1. The zero-order chi connectivity index (χ0) is 16.4. The molecule has 0 saturated heterocycles. The van der Waals surface area contributed by atoms with Gasteiger partial charge in [-0.25, -0.2) is 0 Å². The molecule has 2 heteroatoms. The Balaban J connectivity index is 1.63. The molecule has 2 aliphatic rings. The van der Waals surface area contributed by atoms with Crippen molar-refractivity contribution < 1.29 is 0 Å². The monoisotopic (exact) mass is 329 g/mol. The summed E-state index contributed by atoms with van der Waals surface area (Å²) in [4.78, 5) is 0. The van der Waals surface area contributed by atoms with Crippen LogP contribution in [-0.2, 0) is 6.42 Å². The van der Waals surface area contributed by atoms with Crippen LogP contribution in [0.4, 0.5) is 0 Å². The summed E-state index contributed by atoms with van der Waals surface area (Å²) in [6.45, 7) is 6.66. The van der Waals surface area contributed by atoms with E-state index in [9.17, 15) is 0 Å². The molecule has 0 amide bonds. The van der Waals surface area contributed by atoms with Crippen molar-refractivity contribution in [3.8, 4) is 0 Å². The van der Waals surface area contributed by atoms with Crippen molar-refractivity contribution in [2.24, 2.45) is 11.3 Å². The van der Waals surface area contributed by atoms with E-state index in [1.807, 2.05) is 6.07 Å². The number of unbranched alkanes of at least 4 members (excludes halogenated alkanes) is 2. The van der Waals surface area contributed by atoms with Crippen LogP contribution in [0.5, 0.6) is 0 Å². The Morgan fingerprint density at radius 1 is 1.30 bits per heavy atom. The first kappa shape index (κ1) is 16.8. The van der Waals surface area contributed by atoms with Gasteiger partial charge in [0.2, 0.25) is 0 Å². The fourth-order valence-corrected chi connectivity index (χ4v) is 4.72. The third kappa shape index (κ3) is 3.26. The third-order valence-corrected chi connectivity index (χ3v) is 6.28. The number of benzene rings is 1. The maximum atomic E-state index is 8.39. The molecule has 124 valence electrons. The summed E-state index contributed by atoms with van der Waals surface area (Å²) in [5.74, 6) is 0.512. The van der Waals surface area contributed by atoms with Crippen molar-refractivity contribution in [2.75, 3.05) is 0 Å². The first-order chi connectivity index (χ1) is 11.1. The summed E-state index contributed by atoms with van der Waals surface area (Å²) < 4.78 is 0. The fourth-order valence-electron chi connectivity index (χ4n) is 4.53. The van der Waals surface area contributed by atoms with Gasteiger partial charge < -0.3 is 5.41 Å². The maximum absolute atomic E-state index is 8.39. The van der Waals surface area contributed by atoms with E-state index in [1.165, 1.54) is 48.8 Å². The Hall–Kier alpha value is -1.08. The van der Waals surface area contributed by atoms with Gasteiger partial charge in [-0.15, -0.1) is 0 Å². The largest absolute Gasteiger partial charge is 0.309 e. The molecule has 1 saturated carbocycles. The van der Waals surface area contributed by atoms with Crippen molar-refractivity contribution in [3.63, 3.8) is 0 Å². The van der Waals surface area contributed by atoms with Crippen molar-refractivity contribution in [1.82, 2.24) is 0 Å². The number of nitrogens with one attached hydrogen (secondary N) is 1. The van der Waals surface area contributed by atoms with Gasteiger partial charge in [-0.2, -0.15) is 0 Å².